The van der Waals surface area contributed by atoms with Crippen LogP contribution in [-0.4, -0.2) is 35.1 Å². The van der Waals surface area contributed by atoms with Crippen molar-refractivity contribution in [3.8, 4) is 11.5 Å². The van der Waals surface area contributed by atoms with Crippen LogP contribution in [0.5, 0.6) is 11.5 Å². The summed E-state index contributed by atoms with van der Waals surface area (Å²) in [5.41, 5.74) is 8.93. The Morgan fingerprint density at radius 2 is 0.919 bits per heavy atom. The molecule has 0 spiro atoms. The van der Waals surface area contributed by atoms with Gasteiger partial charge >= 0.3 is 0 Å². The molecule has 4 aromatic carbocycles. The van der Waals surface area contributed by atoms with Crippen molar-refractivity contribution >= 4 is 33.6 Å². The first kappa shape index (κ1) is 25.5. The summed E-state index contributed by atoms with van der Waals surface area (Å²) in [6.45, 7) is 0. The van der Waals surface area contributed by atoms with E-state index in [0.29, 0.717) is 11.4 Å². The van der Waals surface area contributed by atoms with E-state index in [0.717, 1.165) is 22.6 Å². The van der Waals surface area contributed by atoms with Crippen LogP contribution in [0.2, 0.25) is 0 Å². The Morgan fingerprint density at radius 1 is 0.568 bits per heavy atom. The lowest BCUT2D eigenvalue weighted by Crippen LogP contribution is -2.02. The lowest BCUT2D eigenvalue weighted by molar-refractivity contribution is 0.414. The number of ether oxygens (including phenoxy) is 2. The van der Waals surface area contributed by atoms with E-state index in [-0.39, 0.29) is 9.79 Å². The van der Waals surface area contributed by atoms with Crippen molar-refractivity contribution in [1.82, 2.24) is 0 Å². The highest BCUT2D eigenvalue weighted by Gasteiger charge is 2.17. The van der Waals surface area contributed by atoms with Crippen LogP contribution in [0.1, 0.15) is 11.1 Å². The van der Waals surface area contributed by atoms with Crippen molar-refractivity contribution in [2.75, 3.05) is 25.1 Å². The SMILES string of the molecule is COc1ccc(/C=N\Nc2ccc(S(=O)(=O)c3ccc(N/N=C/c4ccc(OC)cc4)cc3)cc2)cc1. The molecule has 0 unspecified atom stereocenters. The predicted molar refractivity (Wildman–Crippen MR) is 147 cm³/mol. The molecule has 0 aromatic heterocycles. The van der Waals surface area contributed by atoms with Crippen LogP contribution in [-0.2, 0) is 9.84 Å². The molecule has 0 aliphatic rings. The minimum absolute atomic E-state index is 0.190. The number of hydrogen-bond donors (Lipinski definition) is 2. The monoisotopic (exact) mass is 514 g/mol. The van der Waals surface area contributed by atoms with Gasteiger partial charge in [0.1, 0.15) is 11.5 Å². The van der Waals surface area contributed by atoms with Crippen LogP contribution in [0.3, 0.4) is 0 Å². The van der Waals surface area contributed by atoms with Gasteiger partial charge in [-0.25, -0.2) is 8.42 Å². The first-order valence-electron chi connectivity index (χ1n) is 11.3. The van der Waals surface area contributed by atoms with E-state index in [4.69, 9.17) is 9.47 Å². The fraction of sp³-hybridized carbons (Fsp3) is 0.0714. The molecule has 9 heteroatoms. The first-order valence-corrected chi connectivity index (χ1v) is 12.8. The molecule has 0 saturated carbocycles. The highest BCUT2D eigenvalue weighted by molar-refractivity contribution is 7.91. The van der Waals surface area contributed by atoms with Crippen LogP contribution < -0.4 is 20.3 Å². The maximum atomic E-state index is 13.0. The number of sulfone groups is 1. The zero-order valence-corrected chi connectivity index (χ0v) is 21.1. The highest BCUT2D eigenvalue weighted by atomic mass is 32.2. The molecule has 0 radical (unpaired) electrons. The fourth-order valence-corrected chi connectivity index (χ4v) is 4.56. The number of benzene rings is 4. The molecule has 8 nitrogen and oxygen atoms in total. The Labute approximate surface area is 216 Å². The predicted octanol–water partition coefficient (Wildman–Crippen LogP) is 5.43. The fourth-order valence-electron chi connectivity index (χ4n) is 3.30. The van der Waals surface area contributed by atoms with Gasteiger partial charge in [0.25, 0.3) is 0 Å². The third-order valence-electron chi connectivity index (χ3n) is 5.38. The van der Waals surface area contributed by atoms with Crippen molar-refractivity contribution < 1.29 is 17.9 Å². The number of nitrogens with one attached hydrogen (secondary N) is 2. The van der Waals surface area contributed by atoms with E-state index >= 15 is 0 Å². The van der Waals surface area contributed by atoms with Gasteiger partial charge < -0.3 is 9.47 Å². The van der Waals surface area contributed by atoms with E-state index in [9.17, 15) is 8.42 Å². The molecular weight excluding hydrogens is 488 g/mol. The topological polar surface area (TPSA) is 101 Å². The number of anilines is 2. The van der Waals surface area contributed by atoms with Gasteiger partial charge in [0.15, 0.2) is 0 Å². The molecular formula is C28H26N4O4S. The molecule has 4 rings (SSSR count). The Kier molecular flexibility index (Phi) is 8.17. The number of rotatable bonds is 10. The van der Waals surface area contributed by atoms with E-state index in [1.165, 1.54) is 0 Å². The van der Waals surface area contributed by atoms with Gasteiger partial charge in [0.05, 0.1) is 47.8 Å². The summed E-state index contributed by atoms with van der Waals surface area (Å²) in [7, 11) is -0.442. The smallest absolute Gasteiger partial charge is 0.206 e. The molecule has 4 aromatic rings. The summed E-state index contributed by atoms with van der Waals surface area (Å²) in [5.74, 6) is 1.54. The molecule has 0 aliphatic heterocycles. The average molecular weight is 515 g/mol. The Balaban J connectivity index is 1.35. The average Bonchev–Trinajstić information content (AvgIpc) is 2.94. The van der Waals surface area contributed by atoms with E-state index < -0.39 is 9.84 Å². The minimum atomic E-state index is -3.67. The van der Waals surface area contributed by atoms with Gasteiger partial charge in [0.2, 0.25) is 9.84 Å². The van der Waals surface area contributed by atoms with E-state index in [1.807, 2.05) is 48.5 Å². The van der Waals surface area contributed by atoms with E-state index in [2.05, 4.69) is 21.1 Å². The Bertz CT molecular complexity index is 1360. The summed E-state index contributed by atoms with van der Waals surface area (Å²) in [6.07, 6.45) is 3.33. The van der Waals surface area contributed by atoms with Gasteiger partial charge in [-0.15, -0.1) is 0 Å². The molecule has 37 heavy (non-hydrogen) atoms. The second kappa shape index (κ2) is 11.9. The summed E-state index contributed by atoms with van der Waals surface area (Å²) >= 11 is 0. The molecule has 0 aliphatic carbocycles. The molecule has 188 valence electrons. The van der Waals surface area contributed by atoms with Gasteiger partial charge in [-0.05, 0) is 108 Å². The second-order valence-corrected chi connectivity index (χ2v) is 9.79. The molecule has 0 saturated heterocycles. The van der Waals surface area contributed by atoms with Crippen LogP contribution in [0.4, 0.5) is 11.4 Å². The minimum Gasteiger partial charge on any atom is -0.497 e. The molecule has 0 heterocycles. The zero-order valence-electron chi connectivity index (χ0n) is 20.3. The molecule has 0 atom stereocenters. The Hall–Kier alpha value is -4.63. The van der Waals surface area contributed by atoms with E-state index in [1.54, 1.807) is 75.2 Å². The standard InChI is InChI=1S/C28H26N4O4S/c1-35-25-11-3-21(4-12-25)19-29-31-23-7-15-27(16-8-23)37(33,34)28-17-9-24(10-18-28)32-30-20-22-5-13-26(36-2)14-6-22/h3-20,31-32H,1-2H3/b29-19-,30-20+. The van der Waals surface area contributed by atoms with Crippen LogP contribution >= 0.6 is 0 Å². The molecule has 2 N–H and O–H groups in total. The maximum Gasteiger partial charge on any atom is 0.206 e. The van der Waals surface area contributed by atoms with Crippen molar-refractivity contribution in [1.29, 1.82) is 0 Å². The Morgan fingerprint density at radius 3 is 1.24 bits per heavy atom. The van der Waals surface area contributed by atoms with Crippen molar-refractivity contribution in [2.24, 2.45) is 10.2 Å². The molecule has 0 fully saturated rings. The van der Waals surface area contributed by atoms with Crippen molar-refractivity contribution in [2.45, 2.75) is 9.79 Å². The quantitative estimate of drug-likeness (QED) is 0.216. The second-order valence-electron chi connectivity index (χ2n) is 7.84. The third-order valence-corrected chi connectivity index (χ3v) is 7.16. The highest BCUT2D eigenvalue weighted by Crippen LogP contribution is 2.24. The maximum absolute atomic E-state index is 13.0. The van der Waals surface area contributed by atoms with Gasteiger partial charge in [-0.3, -0.25) is 10.9 Å². The zero-order chi connectivity index (χ0) is 26.1. The molecule has 0 amide bonds. The van der Waals surface area contributed by atoms with Crippen LogP contribution in [0.15, 0.2) is 117 Å². The number of hydrazone groups is 2. The van der Waals surface area contributed by atoms with Crippen molar-refractivity contribution in [3.05, 3.63) is 108 Å². The lowest BCUT2D eigenvalue weighted by Gasteiger charge is -2.07. The lowest BCUT2D eigenvalue weighted by atomic mass is 10.2. The number of methoxy groups -OCH3 is 2. The number of hydrogen-bond acceptors (Lipinski definition) is 8. The van der Waals surface area contributed by atoms with Crippen LogP contribution in [0.25, 0.3) is 0 Å². The summed E-state index contributed by atoms with van der Waals surface area (Å²) in [6, 6.07) is 27.8. The van der Waals surface area contributed by atoms with Gasteiger partial charge in [-0.2, -0.15) is 10.2 Å². The van der Waals surface area contributed by atoms with Crippen molar-refractivity contribution in [3.63, 3.8) is 0 Å². The van der Waals surface area contributed by atoms with Crippen LogP contribution in [0, 0.1) is 0 Å². The summed E-state index contributed by atoms with van der Waals surface area (Å²) < 4.78 is 36.3. The number of nitrogens with zero attached hydrogens (tertiary/aromatic N) is 2. The van der Waals surface area contributed by atoms with Gasteiger partial charge in [-0.1, -0.05) is 0 Å². The summed E-state index contributed by atoms with van der Waals surface area (Å²) in [4.78, 5) is 0.380. The summed E-state index contributed by atoms with van der Waals surface area (Å²) in [5, 5.41) is 8.38. The molecule has 0 bridgehead atoms. The largest absolute Gasteiger partial charge is 0.497 e. The van der Waals surface area contributed by atoms with Gasteiger partial charge in [0, 0.05) is 0 Å². The first-order chi connectivity index (χ1) is 18.0. The third kappa shape index (κ3) is 6.74. The normalized spacial score (nSPS) is 11.5.